The zero-order chi connectivity index (χ0) is 11.3. The van der Waals surface area contributed by atoms with Gasteiger partial charge in [-0.15, -0.1) is 11.3 Å². The lowest BCUT2D eigenvalue weighted by molar-refractivity contribution is -0.133. The predicted molar refractivity (Wildman–Crippen MR) is 54.6 cm³/mol. The third-order valence-corrected chi connectivity index (χ3v) is 2.39. The molecule has 5 heteroatoms. The first-order valence-corrected chi connectivity index (χ1v) is 4.82. The van der Waals surface area contributed by atoms with E-state index in [1.807, 2.05) is 0 Å². The second-order valence-corrected chi connectivity index (χ2v) is 3.34. The van der Waals surface area contributed by atoms with Crippen molar-refractivity contribution in [3.63, 3.8) is 0 Å². The summed E-state index contributed by atoms with van der Waals surface area (Å²) in [6.07, 6.45) is 0. The molecule has 4 nitrogen and oxygen atoms in total. The molecule has 0 spiro atoms. The van der Waals surface area contributed by atoms with Crippen molar-refractivity contribution in [2.45, 2.75) is 0 Å². The number of hydrogen-bond donors (Lipinski definition) is 0. The highest BCUT2D eigenvalue weighted by molar-refractivity contribution is 7.12. The van der Waals surface area contributed by atoms with Crippen molar-refractivity contribution in [3.05, 3.63) is 21.9 Å². The van der Waals surface area contributed by atoms with Crippen LogP contribution in [0.15, 0.2) is 11.4 Å². The summed E-state index contributed by atoms with van der Waals surface area (Å²) in [5.74, 6) is 3.81. The summed E-state index contributed by atoms with van der Waals surface area (Å²) in [5, 5.41) is 1.67. The largest absolute Gasteiger partial charge is 0.465 e. The van der Waals surface area contributed by atoms with E-state index >= 15 is 0 Å². The quantitative estimate of drug-likeness (QED) is 0.528. The SMILES string of the molecule is COC(=O)C#Cc1csc(C(=O)OC)c1. The van der Waals surface area contributed by atoms with Crippen LogP contribution in [0.4, 0.5) is 0 Å². The molecule has 1 heterocycles. The van der Waals surface area contributed by atoms with Gasteiger partial charge in [0.05, 0.1) is 14.2 Å². The van der Waals surface area contributed by atoms with E-state index < -0.39 is 11.9 Å². The van der Waals surface area contributed by atoms with Crippen molar-refractivity contribution in [2.75, 3.05) is 14.2 Å². The smallest absolute Gasteiger partial charge is 0.384 e. The van der Waals surface area contributed by atoms with E-state index in [1.165, 1.54) is 25.6 Å². The standard InChI is InChI=1S/C10H8O4S/c1-13-9(11)4-3-7-5-8(15-6-7)10(12)14-2/h5-6H,1-2H3. The zero-order valence-corrected chi connectivity index (χ0v) is 9.01. The molecular weight excluding hydrogens is 216 g/mol. The van der Waals surface area contributed by atoms with Crippen LogP contribution in [-0.2, 0) is 14.3 Å². The molecule has 0 aliphatic rings. The molecule has 0 saturated heterocycles. The molecule has 0 aromatic carbocycles. The number of hydrogen-bond acceptors (Lipinski definition) is 5. The summed E-state index contributed by atoms with van der Waals surface area (Å²) in [6, 6.07) is 1.56. The molecule has 1 aromatic heterocycles. The second kappa shape index (κ2) is 5.17. The highest BCUT2D eigenvalue weighted by Gasteiger charge is 2.07. The van der Waals surface area contributed by atoms with Gasteiger partial charge in [-0.05, 0) is 6.07 Å². The molecule has 0 aliphatic carbocycles. The molecule has 0 radical (unpaired) electrons. The van der Waals surface area contributed by atoms with Crippen LogP contribution < -0.4 is 0 Å². The van der Waals surface area contributed by atoms with E-state index in [0.29, 0.717) is 10.4 Å². The molecule has 0 bridgehead atoms. The highest BCUT2D eigenvalue weighted by Crippen LogP contribution is 2.14. The number of carbonyl (C=O) groups is 2. The van der Waals surface area contributed by atoms with Crippen LogP contribution in [0.1, 0.15) is 15.2 Å². The Bertz CT molecular complexity index is 436. The van der Waals surface area contributed by atoms with E-state index in [1.54, 1.807) is 11.4 Å². The van der Waals surface area contributed by atoms with Crippen LogP contribution in [0.3, 0.4) is 0 Å². The van der Waals surface area contributed by atoms with Crippen molar-refractivity contribution >= 4 is 23.3 Å². The third-order valence-electron chi connectivity index (χ3n) is 1.48. The summed E-state index contributed by atoms with van der Waals surface area (Å²) < 4.78 is 8.87. The average molecular weight is 224 g/mol. The van der Waals surface area contributed by atoms with Crippen LogP contribution in [0.2, 0.25) is 0 Å². The maximum absolute atomic E-state index is 11.1. The van der Waals surface area contributed by atoms with E-state index in [2.05, 4.69) is 21.3 Å². The van der Waals surface area contributed by atoms with Crippen molar-refractivity contribution in [2.24, 2.45) is 0 Å². The minimum absolute atomic E-state index is 0.411. The van der Waals surface area contributed by atoms with Crippen LogP contribution in [0, 0.1) is 11.8 Å². The molecule has 0 N–H and O–H groups in total. The van der Waals surface area contributed by atoms with Gasteiger partial charge >= 0.3 is 11.9 Å². The van der Waals surface area contributed by atoms with Gasteiger partial charge in [-0.1, -0.05) is 5.92 Å². The Morgan fingerprint density at radius 2 is 2.07 bits per heavy atom. The fourth-order valence-corrected chi connectivity index (χ4v) is 1.54. The average Bonchev–Trinajstić information content (AvgIpc) is 2.73. The third kappa shape index (κ3) is 3.11. The Labute approximate surface area is 90.8 Å². The summed E-state index contributed by atoms with van der Waals surface area (Å²) in [5.41, 5.74) is 0.589. The number of carbonyl (C=O) groups excluding carboxylic acids is 2. The number of methoxy groups -OCH3 is 2. The van der Waals surface area contributed by atoms with Crippen molar-refractivity contribution < 1.29 is 19.1 Å². The number of thiophene rings is 1. The molecule has 0 unspecified atom stereocenters. The molecule has 1 rings (SSSR count). The molecular formula is C10H8O4S. The molecule has 0 saturated carbocycles. The molecule has 0 fully saturated rings. The Hall–Kier alpha value is -1.80. The van der Waals surface area contributed by atoms with Crippen LogP contribution in [-0.4, -0.2) is 26.2 Å². The number of ether oxygens (including phenoxy) is 2. The van der Waals surface area contributed by atoms with Crippen molar-refractivity contribution in [3.8, 4) is 11.8 Å². The normalized spacial score (nSPS) is 8.67. The van der Waals surface area contributed by atoms with Gasteiger partial charge in [-0.2, -0.15) is 0 Å². The first kappa shape index (κ1) is 11.3. The first-order valence-electron chi connectivity index (χ1n) is 3.94. The van der Waals surface area contributed by atoms with Gasteiger partial charge in [0.15, 0.2) is 0 Å². The van der Waals surface area contributed by atoms with Crippen LogP contribution in [0.25, 0.3) is 0 Å². The minimum atomic E-state index is -0.610. The molecule has 0 aliphatic heterocycles. The predicted octanol–water partition coefficient (Wildman–Crippen LogP) is 1.06. The van der Waals surface area contributed by atoms with Gasteiger partial charge in [0.1, 0.15) is 4.88 Å². The van der Waals surface area contributed by atoms with E-state index in [0.717, 1.165) is 0 Å². The van der Waals surface area contributed by atoms with Crippen molar-refractivity contribution in [1.82, 2.24) is 0 Å². The topological polar surface area (TPSA) is 52.6 Å². The summed E-state index contributed by atoms with van der Waals surface area (Å²) in [7, 11) is 2.56. The molecule has 1 aromatic rings. The lowest BCUT2D eigenvalue weighted by atomic mass is 10.3. The Balaban J connectivity index is 2.79. The fraction of sp³-hybridized carbons (Fsp3) is 0.200. The van der Waals surface area contributed by atoms with Gasteiger partial charge in [0, 0.05) is 16.9 Å². The van der Waals surface area contributed by atoms with Gasteiger partial charge in [0.2, 0.25) is 0 Å². The maximum Gasteiger partial charge on any atom is 0.384 e. The minimum Gasteiger partial charge on any atom is -0.465 e. The van der Waals surface area contributed by atoms with Crippen molar-refractivity contribution in [1.29, 1.82) is 0 Å². The van der Waals surface area contributed by atoms with E-state index in [9.17, 15) is 9.59 Å². The van der Waals surface area contributed by atoms with Gasteiger partial charge in [-0.3, -0.25) is 0 Å². The molecule has 78 valence electrons. The van der Waals surface area contributed by atoms with E-state index in [4.69, 9.17) is 0 Å². The van der Waals surface area contributed by atoms with Gasteiger partial charge in [0.25, 0.3) is 0 Å². The zero-order valence-electron chi connectivity index (χ0n) is 8.20. The monoisotopic (exact) mass is 224 g/mol. The van der Waals surface area contributed by atoms with Crippen LogP contribution in [0.5, 0.6) is 0 Å². The van der Waals surface area contributed by atoms with Gasteiger partial charge < -0.3 is 9.47 Å². The number of rotatable bonds is 1. The Kier molecular flexibility index (Phi) is 3.89. The summed E-state index contributed by atoms with van der Waals surface area (Å²) >= 11 is 1.21. The Morgan fingerprint density at radius 3 is 2.67 bits per heavy atom. The molecule has 15 heavy (non-hydrogen) atoms. The fourth-order valence-electron chi connectivity index (χ4n) is 0.784. The van der Waals surface area contributed by atoms with Gasteiger partial charge in [-0.25, -0.2) is 9.59 Å². The first-order chi connectivity index (χ1) is 7.17. The lowest BCUT2D eigenvalue weighted by Gasteiger charge is -1.90. The van der Waals surface area contributed by atoms with Crippen LogP contribution >= 0.6 is 11.3 Å². The molecule has 0 atom stereocenters. The maximum atomic E-state index is 11.1. The highest BCUT2D eigenvalue weighted by atomic mass is 32.1. The number of esters is 2. The summed E-state index contributed by atoms with van der Waals surface area (Å²) in [6.45, 7) is 0. The Morgan fingerprint density at radius 1 is 1.33 bits per heavy atom. The molecule has 0 amide bonds. The van der Waals surface area contributed by atoms with E-state index in [-0.39, 0.29) is 0 Å². The summed E-state index contributed by atoms with van der Waals surface area (Å²) in [4.78, 5) is 22.2. The second-order valence-electron chi connectivity index (χ2n) is 2.43. The lowest BCUT2D eigenvalue weighted by Crippen LogP contribution is -1.97.